The van der Waals surface area contributed by atoms with Gasteiger partial charge in [0.1, 0.15) is 11.6 Å². The summed E-state index contributed by atoms with van der Waals surface area (Å²) in [5.41, 5.74) is 1.57. The fourth-order valence-corrected chi connectivity index (χ4v) is 2.57. The smallest absolute Gasteiger partial charge is 0.262 e. The number of carbonyl (C=O) groups is 2. The molecule has 7 heteroatoms. The van der Waals surface area contributed by atoms with Gasteiger partial charge in [0.2, 0.25) is 0 Å². The molecule has 2 N–H and O–H groups in total. The molecule has 6 nitrogen and oxygen atoms in total. The van der Waals surface area contributed by atoms with Gasteiger partial charge in [-0.3, -0.25) is 9.59 Å². The van der Waals surface area contributed by atoms with Crippen LogP contribution in [0.5, 0.6) is 5.75 Å². The van der Waals surface area contributed by atoms with Crippen LogP contribution in [0.15, 0.2) is 66.9 Å². The van der Waals surface area contributed by atoms with Gasteiger partial charge in [-0.2, -0.15) is 0 Å². The number of rotatable bonds is 6. The Bertz CT molecular complexity index is 993. The summed E-state index contributed by atoms with van der Waals surface area (Å²) >= 11 is 5.98. The van der Waals surface area contributed by atoms with Crippen LogP contribution in [0.1, 0.15) is 15.9 Å². The summed E-state index contributed by atoms with van der Waals surface area (Å²) in [6.07, 6.45) is 1.58. The standard InChI is InChI=1S/C21H18ClN3O3/c1-14-12-15(9-10-17(14)22)28-13-20(26)24-18-7-3-2-6-16(18)21(27)25-19-8-4-5-11-23-19/h2-12H,13H2,1H3,(H,24,26)(H,23,25,27). The van der Waals surface area contributed by atoms with Crippen molar-refractivity contribution in [3.05, 3.63) is 83.0 Å². The number of para-hydroxylation sites is 1. The minimum atomic E-state index is -0.384. The highest BCUT2D eigenvalue weighted by atomic mass is 35.5. The Morgan fingerprint density at radius 2 is 1.82 bits per heavy atom. The predicted molar refractivity (Wildman–Crippen MR) is 109 cm³/mol. The molecular weight excluding hydrogens is 378 g/mol. The van der Waals surface area contributed by atoms with E-state index in [1.54, 1.807) is 66.9 Å². The SMILES string of the molecule is Cc1cc(OCC(=O)Nc2ccccc2C(=O)Nc2ccccn2)ccc1Cl. The molecule has 0 aliphatic rings. The topological polar surface area (TPSA) is 80.3 Å². The van der Waals surface area contributed by atoms with Crippen molar-refractivity contribution < 1.29 is 14.3 Å². The summed E-state index contributed by atoms with van der Waals surface area (Å²) < 4.78 is 5.49. The first kappa shape index (κ1) is 19.4. The second kappa shape index (κ2) is 9.01. The van der Waals surface area contributed by atoms with Crippen LogP contribution in [0.4, 0.5) is 11.5 Å². The maximum atomic E-state index is 12.5. The van der Waals surface area contributed by atoms with Gasteiger partial charge in [-0.25, -0.2) is 4.98 Å². The molecule has 0 aliphatic carbocycles. The Morgan fingerprint density at radius 3 is 2.57 bits per heavy atom. The van der Waals surface area contributed by atoms with Crippen LogP contribution in [0.2, 0.25) is 5.02 Å². The largest absolute Gasteiger partial charge is 0.484 e. The number of carbonyl (C=O) groups excluding carboxylic acids is 2. The van der Waals surface area contributed by atoms with E-state index in [-0.39, 0.29) is 18.4 Å². The normalized spacial score (nSPS) is 10.2. The van der Waals surface area contributed by atoms with Gasteiger partial charge in [0.15, 0.2) is 6.61 Å². The predicted octanol–water partition coefficient (Wildman–Crippen LogP) is 4.31. The van der Waals surface area contributed by atoms with Gasteiger partial charge in [-0.1, -0.05) is 29.8 Å². The maximum absolute atomic E-state index is 12.5. The van der Waals surface area contributed by atoms with Crippen LogP contribution in [0.25, 0.3) is 0 Å². The average Bonchev–Trinajstić information content (AvgIpc) is 2.70. The van der Waals surface area contributed by atoms with Crippen molar-refractivity contribution in [2.75, 3.05) is 17.2 Å². The number of pyridine rings is 1. The number of halogens is 1. The third kappa shape index (κ3) is 5.08. The van der Waals surface area contributed by atoms with Gasteiger partial charge < -0.3 is 15.4 Å². The molecule has 1 heterocycles. The molecule has 0 bridgehead atoms. The van der Waals surface area contributed by atoms with Crippen molar-refractivity contribution in [1.29, 1.82) is 0 Å². The first-order chi connectivity index (χ1) is 13.5. The number of benzene rings is 2. The minimum Gasteiger partial charge on any atom is -0.484 e. The van der Waals surface area contributed by atoms with Gasteiger partial charge in [-0.15, -0.1) is 0 Å². The van der Waals surface area contributed by atoms with E-state index in [1.165, 1.54) is 0 Å². The van der Waals surface area contributed by atoms with Crippen molar-refractivity contribution in [3.8, 4) is 5.75 Å². The molecule has 0 unspecified atom stereocenters. The number of aryl methyl sites for hydroxylation is 1. The molecule has 0 fully saturated rings. The van der Waals surface area contributed by atoms with Gasteiger partial charge in [0.25, 0.3) is 11.8 Å². The number of nitrogens with one attached hydrogen (secondary N) is 2. The van der Waals surface area contributed by atoms with E-state index in [1.807, 2.05) is 6.92 Å². The monoisotopic (exact) mass is 395 g/mol. The molecule has 2 aromatic carbocycles. The van der Waals surface area contributed by atoms with Crippen molar-refractivity contribution in [2.45, 2.75) is 6.92 Å². The van der Waals surface area contributed by atoms with Crippen LogP contribution in [-0.2, 0) is 4.79 Å². The molecule has 2 amide bonds. The minimum absolute atomic E-state index is 0.197. The highest BCUT2D eigenvalue weighted by Gasteiger charge is 2.14. The second-order valence-electron chi connectivity index (χ2n) is 5.96. The molecule has 0 atom stereocenters. The van der Waals surface area contributed by atoms with E-state index in [0.29, 0.717) is 27.8 Å². The van der Waals surface area contributed by atoms with Crippen LogP contribution < -0.4 is 15.4 Å². The van der Waals surface area contributed by atoms with Crippen LogP contribution >= 0.6 is 11.6 Å². The summed E-state index contributed by atoms with van der Waals surface area (Å²) in [6.45, 7) is 1.66. The number of hydrogen-bond acceptors (Lipinski definition) is 4. The summed E-state index contributed by atoms with van der Waals surface area (Å²) in [7, 11) is 0. The molecule has 0 aliphatic heterocycles. The van der Waals surface area contributed by atoms with Crippen molar-refractivity contribution in [3.63, 3.8) is 0 Å². The van der Waals surface area contributed by atoms with E-state index < -0.39 is 0 Å². The van der Waals surface area contributed by atoms with E-state index in [4.69, 9.17) is 16.3 Å². The van der Waals surface area contributed by atoms with E-state index >= 15 is 0 Å². The molecule has 0 saturated carbocycles. The highest BCUT2D eigenvalue weighted by Crippen LogP contribution is 2.21. The average molecular weight is 396 g/mol. The zero-order valence-electron chi connectivity index (χ0n) is 15.1. The fourth-order valence-electron chi connectivity index (χ4n) is 2.45. The van der Waals surface area contributed by atoms with Crippen molar-refractivity contribution >= 4 is 34.9 Å². The second-order valence-corrected chi connectivity index (χ2v) is 6.37. The molecule has 0 spiro atoms. The van der Waals surface area contributed by atoms with Crippen molar-refractivity contribution in [1.82, 2.24) is 4.98 Å². The lowest BCUT2D eigenvalue weighted by Crippen LogP contribution is -2.23. The summed E-state index contributed by atoms with van der Waals surface area (Å²) in [5.74, 6) is 0.211. The molecule has 3 aromatic rings. The molecule has 3 rings (SSSR count). The van der Waals surface area contributed by atoms with Gasteiger partial charge in [0, 0.05) is 11.2 Å². The number of hydrogen-bond donors (Lipinski definition) is 2. The molecule has 142 valence electrons. The fraction of sp³-hybridized carbons (Fsp3) is 0.0952. The lowest BCUT2D eigenvalue weighted by Gasteiger charge is -2.12. The van der Waals surface area contributed by atoms with Gasteiger partial charge >= 0.3 is 0 Å². The zero-order chi connectivity index (χ0) is 19.9. The molecule has 1 aromatic heterocycles. The summed E-state index contributed by atoms with van der Waals surface area (Å²) in [4.78, 5) is 28.8. The lowest BCUT2D eigenvalue weighted by atomic mass is 10.1. The van der Waals surface area contributed by atoms with E-state index in [2.05, 4.69) is 15.6 Å². The third-order valence-electron chi connectivity index (χ3n) is 3.85. The van der Waals surface area contributed by atoms with Crippen LogP contribution in [0, 0.1) is 6.92 Å². The van der Waals surface area contributed by atoms with Gasteiger partial charge in [-0.05, 0) is 55.0 Å². The number of amides is 2. The summed E-state index contributed by atoms with van der Waals surface area (Å²) in [5, 5.41) is 6.03. The Balaban J connectivity index is 1.64. The number of aromatic nitrogens is 1. The van der Waals surface area contributed by atoms with Crippen LogP contribution in [0.3, 0.4) is 0 Å². The van der Waals surface area contributed by atoms with Crippen LogP contribution in [-0.4, -0.2) is 23.4 Å². The molecular formula is C21H18ClN3O3. The Labute approximate surface area is 167 Å². The Morgan fingerprint density at radius 1 is 1.04 bits per heavy atom. The van der Waals surface area contributed by atoms with E-state index in [9.17, 15) is 9.59 Å². The molecule has 28 heavy (non-hydrogen) atoms. The third-order valence-corrected chi connectivity index (χ3v) is 4.28. The lowest BCUT2D eigenvalue weighted by molar-refractivity contribution is -0.118. The quantitative estimate of drug-likeness (QED) is 0.651. The van der Waals surface area contributed by atoms with Gasteiger partial charge in [0.05, 0.1) is 11.3 Å². The molecule has 0 saturated heterocycles. The highest BCUT2D eigenvalue weighted by molar-refractivity contribution is 6.31. The number of ether oxygens (including phenoxy) is 1. The molecule has 0 radical (unpaired) electrons. The first-order valence-electron chi connectivity index (χ1n) is 8.53. The summed E-state index contributed by atoms with van der Waals surface area (Å²) in [6, 6.07) is 17.1. The number of anilines is 2. The Hall–Kier alpha value is -3.38. The Kier molecular flexibility index (Phi) is 6.24. The van der Waals surface area contributed by atoms with Crippen molar-refractivity contribution in [2.24, 2.45) is 0 Å². The maximum Gasteiger partial charge on any atom is 0.262 e. The number of nitrogens with zero attached hydrogens (tertiary/aromatic N) is 1. The zero-order valence-corrected chi connectivity index (χ0v) is 15.9. The first-order valence-corrected chi connectivity index (χ1v) is 8.91. The van der Waals surface area contributed by atoms with E-state index in [0.717, 1.165) is 5.56 Å².